The Morgan fingerprint density at radius 3 is 0.791 bits per heavy atom. The van der Waals surface area contributed by atoms with Gasteiger partial charge in [0.05, 0.1) is 22.7 Å². The minimum atomic E-state index is -2.48. The molecule has 14 aromatic rings. The average Bonchev–Trinajstić information content (AvgIpc) is 0.680. The van der Waals surface area contributed by atoms with Crippen LogP contribution in [-0.4, -0.2) is 17.6 Å². The Morgan fingerprint density at radius 1 is 0.186 bits per heavy atom. The molecule has 0 bridgehead atoms. The fraction of sp³-hybridized carbons (Fsp3) is 0. The quantitative estimate of drug-likeness (QED) is 0.154. The first-order valence-electron chi connectivity index (χ1n) is 29.9. The summed E-state index contributed by atoms with van der Waals surface area (Å²) < 4.78 is 0. The van der Waals surface area contributed by atoms with Crippen molar-refractivity contribution >= 4 is 183 Å². The van der Waals surface area contributed by atoms with Crippen molar-refractivity contribution in [1.29, 1.82) is 0 Å². The molecule has 2 atom stereocenters. The van der Waals surface area contributed by atoms with Crippen molar-refractivity contribution in [1.82, 2.24) is 0 Å². The van der Waals surface area contributed by atoms with Crippen molar-refractivity contribution in [3.63, 3.8) is 0 Å². The summed E-state index contributed by atoms with van der Waals surface area (Å²) in [4.78, 5) is 15.9. The first-order valence-corrected chi connectivity index (χ1v) is 33.4. The fourth-order valence-electron chi connectivity index (χ4n) is 16.2. The molecule has 0 N–H and O–H groups in total. The van der Waals surface area contributed by atoms with E-state index in [1.54, 1.807) is 0 Å². The summed E-state index contributed by atoms with van der Waals surface area (Å²) in [5, 5.41) is 16.2. The molecule has 0 amide bonds. The second-order valence-corrected chi connectivity index (χ2v) is 28.7. The van der Waals surface area contributed by atoms with E-state index in [0.29, 0.717) is 0 Å². The summed E-state index contributed by atoms with van der Waals surface area (Å²) in [7, 11) is -4.96. The van der Waals surface area contributed by atoms with Crippen LogP contribution in [0.4, 0.5) is 102 Å². The maximum atomic E-state index is 2.70. The third-order valence-corrected chi connectivity index (χ3v) is 26.2. The Morgan fingerprint density at radius 2 is 0.442 bits per heavy atom. The van der Waals surface area contributed by atoms with E-state index in [-0.39, 0.29) is 0 Å². The second kappa shape index (κ2) is 17.3. The Bertz CT molecular complexity index is 4900. The van der Waals surface area contributed by atoms with Crippen LogP contribution >= 0.6 is 0 Å². The number of nitrogens with zero attached hydrogens (tertiary/aromatic N) is 6. The van der Waals surface area contributed by atoms with E-state index in [1.807, 2.05) is 0 Å². The summed E-state index contributed by atoms with van der Waals surface area (Å²) in [5.74, 6) is 0. The van der Waals surface area contributed by atoms with Crippen LogP contribution in [0.25, 0.3) is 32.3 Å². The minimum Gasteiger partial charge on any atom is -0.311 e. The number of benzene rings is 14. The molecule has 400 valence electrons. The average molecular weight is 1130 g/mol. The number of anilines is 18. The van der Waals surface area contributed by atoms with Gasteiger partial charge in [0, 0.05) is 95.8 Å². The van der Waals surface area contributed by atoms with Gasteiger partial charge in [-0.05, 0) is 169 Å². The van der Waals surface area contributed by atoms with Crippen molar-refractivity contribution in [3.8, 4) is 0 Å². The van der Waals surface area contributed by atoms with Crippen LogP contribution in [0.2, 0.25) is 0 Å². The van der Waals surface area contributed by atoms with E-state index in [1.165, 1.54) is 132 Å². The summed E-state index contributed by atoms with van der Waals surface area (Å²) in [6.07, 6.45) is 0. The Labute approximate surface area is 501 Å². The molecule has 0 fully saturated rings. The van der Waals surface area contributed by atoms with E-state index < -0.39 is 17.6 Å². The number of fused-ring (bicyclic) bond motifs is 7. The van der Waals surface area contributed by atoms with E-state index in [2.05, 4.69) is 321 Å². The van der Waals surface area contributed by atoms with Crippen molar-refractivity contribution in [2.45, 2.75) is 0 Å². The number of hydrogen-bond acceptors (Lipinski definition) is 6. The van der Waals surface area contributed by atoms with Gasteiger partial charge in [-0.15, -0.1) is 0 Å². The van der Waals surface area contributed by atoms with Crippen molar-refractivity contribution in [3.05, 3.63) is 291 Å². The molecule has 0 saturated heterocycles. The summed E-state index contributed by atoms with van der Waals surface area (Å²) in [5.41, 5.74) is 22.1. The lowest BCUT2D eigenvalue weighted by atomic mass is 9.95. The van der Waals surface area contributed by atoms with Crippen LogP contribution in [0, 0.1) is 0 Å². The lowest BCUT2D eigenvalue weighted by molar-refractivity contribution is 1.22. The van der Waals surface area contributed by atoms with E-state index in [0.717, 1.165) is 34.1 Å². The highest BCUT2D eigenvalue weighted by atomic mass is 28.3. The molecule has 0 spiro atoms. The molecule has 6 heterocycles. The SMILES string of the molecule is c1ccc(N2c3cccc4c3[SiH]3c5c2cc2ccccc2c5N(c2ccccc2)c2cc5cc6c7c(c5c(c23)N4c2ccccc2)N(c2ccccc2)c2cccc3c2[SiH]7c2c(cc4ccccc4c2N6c2ccccc2)N3c2ccccc2)cc1. The Kier molecular flexibility index (Phi) is 9.39. The minimum absolute atomic E-state index is 1.14. The normalized spacial score (nSPS) is 15.8. The van der Waals surface area contributed by atoms with Crippen LogP contribution in [-0.2, 0) is 0 Å². The van der Waals surface area contributed by atoms with Crippen molar-refractivity contribution in [2.75, 3.05) is 29.4 Å². The highest BCUT2D eigenvalue weighted by Crippen LogP contribution is 2.59. The third-order valence-electron chi connectivity index (χ3n) is 19.2. The number of rotatable bonds is 6. The molecule has 86 heavy (non-hydrogen) atoms. The van der Waals surface area contributed by atoms with Gasteiger partial charge in [-0.3, -0.25) is 0 Å². The zero-order valence-corrected chi connectivity index (χ0v) is 48.9. The number of hydrogen-bond donors (Lipinski definition) is 0. The molecule has 0 radical (unpaired) electrons. The smallest absolute Gasteiger partial charge is 0.149 e. The highest BCUT2D eigenvalue weighted by molar-refractivity contribution is 7.04. The number of para-hydroxylation sites is 6. The van der Waals surface area contributed by atoms with Crippen LogP contribution < -0.4 is 60.5 Å². The molecular formula is C78H50N6Si2. The summed E-state index contributed by atoms with van der Waals surface area (Å²) in [6, 6.07) is 110. The van der Waals surface area contributed by atoms with Gasteiger partial charge in [-0.25, -0.2) is 0 Å². The van der Waals surface area contributed by atoms with Gasteiger partial charge in [0.15, 0.2) is 0 Å². The molecule has 6 aliphatic heterocycles. The molecule has 14 aromatic carbocycles. The van der Waals surface area contributed by atoms with E-state index >= 15 is 0 Å². The van der Waals surface area contributed by atoms with Gasteiger partial charge in [0.25, 0.3) is 0 Å². The second-order valence-electron chi connectivity index (χ2n) is 23.5. The standard InChI is InChI=1S/C78H50N6Si2/c1-7-27-52(28-8-1)79-60-41-23-43-62-73(60)85-75-64(79)45-49-25-19-21-39-58(49)69(75)83(56-35-15-5-16-36-56)66-47-51-48-67-78-72(68(51)71(77(66)85)81(62)54-31-11-3-12-32-54)82(55-33-13-4-14-34-55)63-44-24-42-61-74(63)86(78)76-65(80(61)53-29-9-2-10-30-53)46-50-26-20-22-40-59(50)70(76)84(67)57-37-17-6-18-38-57/h1-48,85-86H. The maximum absolute atomic E-state index is 2.70. The predicted molar refractivity (Wildman–Crippen MR) is 366 cm³/mol. The van der Waals surface area contributed by atoms with Gasteiger partial charge in [0.2, 0.25) is 0 Å². The van der Waals surface area contributed by atoms with Crippen LogP contribution in [0.15, 0.2) is 291 Å². The predicted octanol–water partition coefficient (Wildman–Crippen LogP) is 16.3. The van der Waals surface area contributed by atoms with Crippen LogP contribution in [0.3, 0.4) is 0 Å². The molecule has 0 saturated carbocycles. The third kappa shape index (κ3) is 6.03. The first kappa shape index (κ1) is 46.6. The zero-order chi connectivity index (χ0) is 55.9. The fourth-order valence-corrected chi connectivity index (χ4v) is 24.2. The van der Waals surface area contributed by atoms with Gasteiger partial charge < -0.3 is 29.4 Å². The van der Waals surface area contributed by atoms with E-state index in [9.17, 15) is 0 Å². The van der Waals surface area contributed by atoms with Crippen molar-refractivity contribution in [2.24, 2.45) is 0 Å². The zero-order valence-electron chi connectivity index (χ0n) is 46.6. The summed E-state index contributed by atoms with van der Waals surface area (Å²) in [6.45, 7) is 0. The lowest BCUT2D eigenvalue weighted by Gasteiger charge is -2.52. The molecule has 2 unspecified atom stereocenters. The highest BCUT2D eigenvalue weighted by Gasteiger charge is 2.53. The molecule has 8 heteroatoms. The maximum Gasteiger partial charge on any atom is 0.149 e. The van der Waals surface area contributed by atoms with Gasteiger partial charge in [-0.1, -0.05) is 170 Å². The van der Waals surface area contributed by atoms with E-state index in [4.69, 9.17) is 0 Å². The lowest BCUT2D eigenvalue weighted by Crippen LogP contribution is -2.66. The molecule has 6 aliphatic rings. The van der Waals surface area contributed by atoms with Crippen LogP contribution in [0.1, 0.15) is 0 Å². The Hall–Kier alpha value is -10.9. The first-order chi connectivity index (χ1) is 42.8. The van der Waals surface area contributed by atoms with Crippen LogP contribution in [0.5, 0.6) is 0 Å². The van der Waals surface area contributed by atoms with Gasteiger partial charge >= 0.3 is 0 Å². The molecular weight excluding hydrogens is 1080 g/mol. The van der Waals surface area contributed by atoms with Gasteiger partial charge in [0.1, 0.15) is 17.6 Å². The molecule has 0 aromatic heterocycles. The molecule has 6 nitrogen and oxygen atoms in total. The molecule has 20 rings (SSSR count). The summed E-state index contributed by atoms with van der Waals surface area (Å²) >= 11 is 0. The Balaban J connectivity index is 1.02. The largest absolute Gasteiger partial charge is 0.311 e. The monoisotopic (exact) mass is 1130 g/mol. The van der Waals surface area contributed by atoms with Gasteiger partial charge in [-0.2, -0.15) is 0 Å². The van der Waals surface area contributed by atoms with Crippen molar-refractivity contribution < 1.29 is 0 Å². The topological polar surface area (TPSA) is 19.4 Å². The molecule has 0 aliphatic carbocycles.